The predicted molar refractivity (Wildman–Crippen MR) is 44.6 cm³/mol. The van der Waals surface area contributed by atoms with E-state index in [9.17, 15) is 58.3 Å². The molecule has 126 valence electrons. The highest BCUT2D eigenvalue weighted by Crippen LogP contribution is 2.59. The summed E-state index contributed by atoms with van der Waals surface area (Å²) in [5.74, 6) is -6.78. The maximum atomic E-state index is 13.6. The zero-order chi connectivity index (χ0) is 17.9. The van der Waals surface area contributed by atoms with Crippen molar-refractivity contribution < 1.29 is 58.3 Å². The molecule has 0 aliphatic heterocycles. The smallest absolute Gasteiger partial charge is 0.257 e. The first-order chi connectivity index (χ1) is 9.64. The first-order valence-corrected chi connectivity index (χ1v) is 4.97. The molecule has 0 heterocycles. The second kappa shape index (κ2) is 4.65. The standard InChI is InChI=1S/C9H2F10O3/c10-1-6(15,3(12)20)2(11)8(17,5(14)22)9(18,19)7(1,16)4(13)21/h1-2H. The van der Waals surface area contributed by atoms with Crippen LogP contribution in [0, 0.1) is 0 Å². The molecule has 1 saturated carbocycles. The molecule has 1 rings (SSSR count). The van der Waals surface area contributed by atoms with Gasteiger partial charge in [0.25, 0.3) is 5.67 Å². The summed E-state index contributed by atoms with van der Waals surface area (Å²) in [6.07, 6.45) is -10.5. The number of hydrogen-bond acceptors (Lipinski definition) is 3. The molecule has 1 fully saturated rings. The fraction of sp³-hybridized carbons (Fsp3) is 0.667. The Labute approximate surface area is 113 Å². The third kappa shape index (κ3) is 1.61. The first kappa shape index (κ1) is 18.4. The van der Waals surface area contributed by atoms with Crippen LogP contribution < -0.4 is 0 Å². The van der Waals surface area contributed by atoms with Gasteiger partial charge in [0, 0.05) is 0 Å². The fourth-order valence-electron chi connectivity index (χ4n) is 1.94. The van der Waals surface area contributed by atoms with Crippen molar-refractivity contribution in [3.63, 3.8) is 0 Å². The Hall–Kier alpha value is -1.69. The quantitative estimate of drug-likeness (QED) is 0.579. The van der Waals surface area contributed by atoms with Crippen molar-refractivity contribution in [2.45, 2.75) is 35.3 Å². The summed E-state index contributed by atoms with van der Waals surface area (Å²) in [6.45, 7) is 0. The summed E-state index contributed by atoms with van der Waals surface area (Å²) in [5, 5.41) is 0. The number of hydrogen-bond donors (Lipinski definition) is 0. The van der Waals surface area contributed by atoms with Crippen LogP contribution in [0.5, 0.6) is 0 Å². The molecule has 0 N–H and O–H groups in total. The monoisotopic (exact) mass is 348 g/mol. The number of halogens is 10. The molecule has 3 nitrogen and oxygen atoms in total. The molecular formula is C9H2F10O3. The van der Waals surface area contributed by atoms with Gasteiger partial charge >= 0.3 is 35.4 Å². The van der Waals surface area contributed by atoms with Gasteiger partial charge in [-0.15, -0.1) is 0 Å². The summed E-state index contributed by atoms with van der Waals surface area (Å²) in [6, 6.07) is -12.4. The van der Waals surface area contributed by atoms with Crippen LogP contribution in [0.3, 0.4) is 0 Å². The second-order valence-electron chi connectivity index (χ2n) is 4.31. The van der Waals surface area contributed by atoms with Crippen LogP contribution in [-0.2, 0) is 14.4 Å². The maximum Gasteiger partial charge on any atom is 0.348 e. The van der Waals surface area contributed by atoms with Crippen molar-refractivity contribution >= 4 is 18.1 Å². The second-order valence-corrected chi connectivity index (χ2v) is 4.31. The van der Waals surface area contributed by atoms with Gasteiger partial charge in [-0.1, -0.05) is 0 Å². The van der Waals surface area contributed by atoms with Gasteiger partial charge in [-0.2, -0.15) is 22.0 Å². The van der Waals surface area contributed by atoms with Crippen LogP contribution in [-0.4, -0.2) is 53.4 Å². The first-order valence-electron chi connectivity index (χ1n) is 4.97. The Morgan fingerprint density at radius 2 is 0.909 bits per heavy atom. The van der Waals surface area contributed by atoms with Gasteiger partial charge in [0.2, 0.25) is 0 Å². The Bertz CT molecular complexity index is 514. The molecule has 4 atom stereocenters. The van der Waals surface area contributed by atoms with E-state index in [1.165, 1.54) is 0 Å². The van der Waals surface area contributed by atoms with E-state index in [0.29, 0.717) is 0 Å². The van der Waals surface area contributed by atoms with Crippen LogP contribution >= 0.6 is 0 Å². The Balaban J connectivity index is 3.89. The Morgan fingerprint density at radius 3 is 1.09 bits per heavy atom. The third-order valence-corrected chi connectivity index (χ3v) is 3.22. The molecule has 4 unspecified atom stereocenters. The minimum absolute atomic E-state index is 4.01. The zero-order valence-electron chi connectivity index (χ0n) is 9.66. The number of carbonyl (C=O) groups is 3. The highest BCUT2D eigenvalue weighted by atomic mass is 19.3. The normalized spacial score (nSPS) is 44.5. The predicted octanol–water partition coefficient (Wildman–Crippen LogP) is 1.92. The van der Waals surface area contributed by atoms with Crippen LogP contribution in [0.4, 0.5) is 43.9 Å². The SMILES string of the molecule is O=C(F)C1(F)C(F)C(F)(C(=O)F)C(F)(F)C(F)(C(=O)F)C1F. The van der Waals surface area contributed by atoms with Gasteiger partial charge in [0.15, 0.2) is 12.3 Å². The maximum absolute atomic E-state index is 13.6. The summed E-state index contributed by atoms with van der Waals surface area (Å²) >= 11 is 0. The molecule has 22 heavy (non-hydrogen) atoms. The largest absolute Gasteiger partial charge is 0.348 e. The fourth-order valence-corrected chi connectivity index (χ4v) is 1.94. The molecule has 0 spiro atoms. The van der Waals surface area contributed by atoms with E-state index >= 15 is 0 Å². The molecule has 0 saturated heterocycles. The molecular weight excluding hydrogens is 346 g/mol. The van der Waals surface area contributed by atoms with Crippen LogP contribution in [0.2, 0.25) is 0 Å². The lowest BCUT2D eigenvalue weighted by atomic mass is 9.65. The van der Waals surface area contributed by atoms with E-state index in [-0.39, 0.29) is 0 Å². The van der Waals surface area contributed by atoms with Gasteiger partial charge in [-0.05, 0) is 0 Å². The average Bonchev–Trinajstić information content (AvgIpc) is 2.40. The lowest BCUT2D eigenvalue weighted by Crippen LogP contribution is -2.82. The van der Waals surface area contributed by atoms with Gasteiger partial charge < -0.3 is 0 Å². The number of carbonyl (C=O) groups excluding carboxylic acids is 3. The van der Waals surface area contributed by atoms with E-state index < -0.39 is 53.4 Å². The van der Waals surface area contributed by atoms with Crippen molar-refractivity contribution in [3.05, 3.63) is 0 Å². The lowest BCUT2D eigenvalue weighted by molar-refractivity contribution is -0.303. The summed E-state index contributed by atoms with van der Waals surface area (Å²) in [4.78, 5) is 30.6. The highest BCUT2D eigenvalue weighted by Gasteiger charge is 2.92. The topological polar surface area (TPSA) is 51.2 Å². The van der Waals surface area contributed by atoms with Crippen LogP contribution in [0.25, 0.3) is 0 Å². The van der Waals surface area contributed by atoms with Crippen molar-refractivity contribution in [2.75, 3.05) is 0 Å². The molecule has 0 aromatic heterocycles. The van der Waals surface area contributed by atoms with Gasteiger partial charge in [-0.3, -0.25) is 14.4 Å². The molecule has 0 aromatic rings. The zero-order valence-corrected chi connectivity index (χ0v) is 9.66. The van der Waals surface area contributed by atoms with Crippen LogP contribution in [0.1, 0.15) is 0 Å². The minimum Gasteiger partial charge on any atom is -0.257 e. The molecule has 0 radical (unpaired) electrons. The van der Waals surface area contributed by atoms with Gasteiger partial charge in [-0.25, -0.2) is 22.0 Å². The van der Waals surface area contributed by atoms with E-state index in [1.807, 2.05) is 0 Å². The van der Waals surface area contributed by atoms with Crippen LogP contribution in [0.15, 0.2) is 0 Å². The Morgan fingerprint density at radius 1 is 0.636 bits per heavy atom. The van der Waals surface area contributed by atoms with E-state index in [4.69, 9.17) is 0 Å². The molecule has 1 aliphatic rings. The van der Waals surface area contributed by atoms with E-state index in [0.717, 1.165) is 0 Å². The van der Waals surface area contributed by atoms with Gasteiger partial charge in [0.05, 0.1) is 0 Å². The van der Waals surface area contributed by atoms with Gasteiger partial charge in [0.1, 0.15) is 0 Å². The lowest BCUT2D eigenvalue weighted by Gasteiger charge is -2.48. The molecule has 13 heteroatoms. The summed E-state index contributed by atoms with van der Waals surface area (Å²) < 4.78 is 131. The summed E-state index contributed by atoms with van der Waals surface area (Å²) in [5.41, 5.74) is -18.7. The molecule has 1 aliphatic carbocycles. The van der Waals surface area contributed by atoms with E-state index in [2.05, 4.69) is 0 Å². The Kier molecular flexibility index (Phi) is 3.88. The third-order valence-electron chi connectivity index (χ3n) is 3.22. The molecule has 0 aromatic carbocycles. The van der Waals surface area contributed by atoms with Crippen molar-refractivity contribution in [1.29, 1.82) is 0 Å². The van der Waals surface area contributed by atoms with E-state index in [1.54, 1.807) is 0 Å². The number of alkyl halides is 7. The average molecular weight is 348 g/mol. The van der Waals surface area contributed by atoms with Crippen molar-refractivity contribution in [2.24, 2.45) is 0 Å². The number of rotatable bonds is 3. The van der Waals surface area contributed by atoms with Crippen molar-refractivity contribution in [3.8, 4) is 0 Å². The van der Waals surface area contributed by atoms with Crippen molar-refractivity contribution in [1.82, 2.24) is 0 Å². The molecule has 0 bridgehead atoms. The highest BCUT2D eigenvalue weighted by molar-refractivity contribution is 5.93. The summed E-state index contributed by atoms with van der Waals surface area (Å²) in [7, 11) is 0. The minimum atomic E-state index is -6.78. The molecule has 0 amide bonds.